The van der Waals surface area contributed by atoms with Crippen molar-refractivity contribution in [2.45, 2.75) is 31.4 Å². The second-order valence-corrected chi connectivity index (χ2v) is 3.46. The SMILES string of the molecule is O=C(O)C1(CC(F)(F)C(F)(F)F)CC1. The van der Waals surface area contributed by atoms with Crippen molar-refractivity contribution in [1.82, 2.24) is 0 Å². The fraction of sp³-hybridized carbons (Fsp3) is 0.857. The van der Waals surface area contributed by atoms with E-state index < -0.39 is 29.9 Å². The van der Waals surface area contributed by atoms with Crippen LogP contribution in [0.2, 0.25) is 0 Å². The maximum atomic E-state index is 12.4. The van der Waals surface area contributed by atoms with Crippen LogP contribution in [-0.2, 0) is 4.79 Å². The first-order valence-corrected chi connectivity index (χ1v) is 3.79. The van der Waals surface area contributed by atoms with Gasteiger partial charge in [-0.25, -0.2) is 0 Å². The van der Waals surface area contributed by atoms with Gasteiger partial charge in [0.2, 0.25) is 0 Å². The topological polar surface area (TPSA) is 37.3 Å². The highest BCUT2D eigenvalue weighted by Gasteiger charge is 2.65. The number of hydrogen-bond acceptors (Lipinski definition) is 1. The second-order valence-electron chi connectivity index (χ2n) is 3.46. The van der Waals surface area contributed by atoms with Gasteiger partial charge in [0.15, 0.2) is 0 Å². The molecule has 7 heteroatoms. The van der Waals surface area contributed by atoms with E-state index in [0.29, 0.717) is 0 Å². The largest absolute Gasteiger partial charge is 0.481 e. The van der Waals surface area contributed by atoms with Crippen molar-refractivity contribution in [2.24, 2.45) is 5.41 Å². The lowest BCUT2D eigenvalue weighted by molar-refractivity contribution is -0.288. The maximum absolute atomic E-state index is 12.4. The number of halogens is 5. The summed E-state index contributed by atoms with van der Waals surface area (Å²) in [6.45, 7) is 0. The van der Waals surface area contributed by atoms with Crippen molar-refractivity contribution < 1.29 is 31.9 Å². The smallest absolute Gasteiger partial charge is 0.453 e. The van der Waals surface area contributed by atoms with Gasteiger partial charge in [-0.05, 0) is 12.8 Å². The highest BCUT2D eigenvalue weighted by molar-refractivity contribution is 5.77. The molecular formula is C7H7F5O2. The van der Waals surface area contributed by atoms with Crippen molar-refractivity contribution in [3.8, 4) is 0 Å². The third kappa shape index (κ3) is 1.80. The van der Waals surface area contributed by atoms with Crippen molar-refractivity contribution in [3.63, 3.8) is 0 Å². The minimum absolute atomic E-state index is 0.117. The van der Waals surface area contributed by atoms with Gasteiger partial charge < -0.3 is 5.11 Å². The Morgan fingerprint density at radius 3 is 1.86 bits per heavy atom. The first-order valence-electron chi connectivity index (χ1n) is 3.79. The molecule has 0 spiro atoms. The van der Waals surface area contributed by atoms with Crippen LogP contribution < -0.4 is 0 Å². The van der Waals surface area contributed by atoms with Gasteiger partial charge in [-0.15, -0.1) is 0 Å². The lowest BCUT2D eigenvalue weighted by atomic mass is 9.98. The van der Waals surface area contributed by atoms with Crippen molar-refractivity contribution >= 4 is 5.97 Å². The highest BCUT2D eigenvalue weighted by atomic mass is 19.4. The van der Waals surface area contributed by atoms with Crippen molar-refractivity contribution in [2.75, 3.05) is 0 Å². The molecule has 0 atom stereocenters. The van der Waals surface area contributed by atoms with E-state index in [2.05, 4.69) is 0 Å². The number of rotatable bonds is 3. The van der Waals surface area contributed by atoms with Gasteiger partial charge >= 0.3 is 18.1 Å². The van der Waals surface area contributed by atoms with E-state index in [1.54, 1.807) is 0 Å². The predicted octanol–water partition coefficient (Wildman–Crippen LogP) is 2.44. The molecule has 0 saturated heterocycles. The molecule has 1 rings (SSSR count). The molecular weight excluding hydrogens is 211 g/mol. The minimum atomic E-state index is -5.67. The van der Waals surface area contributed by atoms with E-state index in [1.807, 2.05) is 0 Å². The zero-order chi connectivity index (χ0) is 11.2. The number of hydrogen-bond donors (Lipinski definition) is 1. The molecule has 14 heavy (non-hydrogen) atoms. The summed E-state index contributed by atoms with van der Waals surface area (Å²) in [4.78, 5) is 10.4. The van der Waals surface area contributed by atoms with Crippen LogP contribution in [0.4, 0.5) is 22.0 Å². The van der Waals surface area contributed by atoms with Gasteiger partial charge in [-0.1, -0.05) is 0 Å². The predicted molar refractivity (Wildman–Crippen MR) is 34.9 cm³/mol. The Labute approximate surface area is 75.7 Å². The number of carbonyl (C=O) groups is 1. The van der Waals surface area contributed by atoms with Gasteiger partial charge in [0.1, 0.15) is 0 Å². The molecule has 1 fully saturated rings. The molecule has 2 nitrogen and oxygen atoms in total. The molecule has 0 unspecified atom stereocenters. The lowest BCUT2D eigenvalue weighted by Crippen LogP contribution is -2.40. The third-order valence-corrected chi connectivity index (χ3v) is 2.28. The van der Waals surface area contributed by atoms with E-state index in [9.17, 15) is 26.7 Å². The molecule has 0 aliphatic heterocycles. The second kappa shape index (κ2) is 2.80. The third-order valence-electron chi connectivity index (χ3n) is 2.28. The summed E-state index contributed by atoms with van der Waals surface area (Å²) in [5, 5.41) is 8.43. The zero-order valence-corrected chi connectivity index (χ0v) is 6.87. The molecule has 1 aliphatic rings. The first-order chi connectivity index (χ1) is 6.11. The van der Waals surface area contributed by atoms with E-state index in [4.69, 9.17) is 5.11 Å². The number of carboxylic acids is 1. The van der Waals surface area contributed by atoms with Gasteiger partial charge in [0.25, 0.3) is 0 Å². The Morgan fingerprint density at radius 1 is 1.21 bits per heavy atom. The molecule has 0 aromatic rings. The van der Waals surface area contributed by atoms with Crippen LogP contribution >= 0.6 is 0 Å². The molecule has 0 amide bonds. The Balaban J connectivity index is 2.74. The van der Waals surface area contributed by atoms with Crippen LogP contribution in [0, 0.1) is 5.41 Å². The lowest BCUT2D eigenvalue weighted by Gasteiger charge is -2.22. The summed E-state index contributed by atoms with van der Waals surface area (Å²) in [6, 6.07) is 0. The molecule has 1 aliphatic carbocycles. The van der Waals surface area contributed by atoms with Crippen molar-refractivity contribution in [1.29, 1.82) is 0 Å². The van der Waals surface area contributed by atoms with E-state index in [1.165, 1.54) is 0 Å². The molecule has 0 heterocycles. The number of alkyl halides is 5. The monoisotopic (exact) mass is 218 g/mol. The summed E-state index contributed by atoms with van der Waals surface area (Å²) in [5.41, 5.74) is -1.86. The molecule has 0 aromatic carbocycles. The van der Waals surface area contributed by atoms with E-state index >= 15 is 0 Å². The average molecular weight is 218 g/mol. The maximum Gasteiger partial charge on any atom is 0.453 e. The number of aliphatic carboxylic acids is 1. The van der Waals surface area contributed by atoms with Crippen LogP contribution in [0.5, 0.6) is 0 Å². The Morgan fingerprint density at radius 2 is 1.64 bits per heavy atom. The van der Waals surface area contributed by atoms with Crippen molar-refractivity contribution in [3.05, 3.63) is 0 Å². The van der Waals surface area contributed by atoms with Gasteiger partial charge in [0.05, 0.1) is 5.41 Å². The molecule has 0 aromatic heterocycles. The van der Waals surface area contributed by atoms with Crippen LogP contribution in [0.15, 0.2) is 0 Å². The quantitative estimate of drug-likeness (QED) is 0.738. The molecule has 82 valence electrons. The van der Waals surface area contributed by atoms with Crippen LogP contribution in [0.3, 0.4) is 0 Å². The first kappa shape index (κ1) is 11.2. The Hall–Kier alpha value is -0.880. The van der Waals surface area contributed by atoms with Crippen LogP contribution in [0.1, 0.15) is 19.3 Å². The average Bonchev–Trinajstić information content (AvgIpc) is 2.65. The summed E-state index contributed by atoms with van der Waals surface area (Å²) in [6.07, 6.45) is -7.56. The minimum Gasteiger partial charge on any atom is -0.481 e. The van der Waals surface area contributed by atoms with Crippen LogP contribution in [-0.4, -0.2) is 23.2 Å². The standard InChI is InChI=1S/C7H7F5O2/c8-6(9,7(10,11)12)3-5(1-2-5)4(13)14/h1-3H2,(H,13,14). The fourth-order valence-corrected chi connectivity index (χ4v) is 1.14. The highest BCUT2D eigenvalue weighted by Crippen LogP contribution is 2.55. The molecule has 1 N–H and O–H groups in total. The summed E-state index contributed by atoms with van der Waals surface area (Å²) >= 11 is 0. The van der Waals surface area contributed by atoms with Gasteiger partial charge in [-0.2, -0.15) is 22.0 Å². The Kier molecular flexibility index (Phi) is 2.24. The molecule has 1 saturated carbocycles. The molecule has 0 radical (unpaired) electrons. The number of carboxylic acid groups (broad SMARTS) is 1. The normalized spacial score (nSPS) is 20.6. The van der Waals surface area contributed by atoms with Gasteiger partial charge in [-0.3, -0.25) is 4.79 Å². The van der Waals surface area contributed by atoms with Gasteiger partial charge in [0, 0.05) is 6.42 Å². The summed E-state index contributed by atoms with van der Waals surface area (Å²) in [7, 11) is 0. The van der Waals surface area contributed by atoms with E-state index in [0.717, 1.165) is 0 Å². The van der Waals surface area contributed by atoms with E-state index in [-0.39, 0.29) is 12.8 Å². The molecule has 0 bridgehead atoms. The summed E-state index contributed by atoms with van der Waals surface area (Å²) in [5.74, 6) is -6.50. The van der Waals surface area contributed by atoms with Crippen LogP contribution in [0.25, 0.3) is 0 Å². The Bertz CT molecular complexity index is 253. The summed E-state index contributed by atoms with van der Waals surface area (Å²) < 4.78 is 60.0. The fourth-order valence-electron chi connectivity index (χ4n) is 1.14. The zero-order valence-electron chi connectivity index (χ0n) is 6.87.